The van der Waals surface area contributed by atoms with Crippen molar-refractivity contribution in [1.29, 1.82) is 0 Å². The van der Waals surface area contributed by atoms with Crippen LogP contribution in [0.2, 0.25) is 0 Å². The van der Waals surface area contributed by atoms with Crippen molar-refractivity contribution >= 4 is 35.6 Å². The van der Waals surface area contributed by atoms with Gasteiger partial charge in [-0.3, -0.25) is 0 Å². The number of benzene rings is 1. The minimum Gasteiger partial charge on any atom is -0.396 e. The number of hydrogen-bond acceptors (Lipinski definition) is 5. The van der Waals surface area contributed by atoms with Gasteiger partial charge in [0.2, 0.25) is 0 Å². The summed E-state index contributed by atoms with van der Waals surface area (Å²) in [5.41, 5.74) is 2.45. The van der Waals surface area contributed by atoms with Crippen LogP contribution in [0.25, 0.3) is 0 Å². The maximum Gasteiger partial charge on any atom is 0.191 e. The molecule has 0 radical (unpaired) electrons. The summed E-state index contributed by atoms with van der Waals surface area (Å²) >= 11 is 0. The molecule has 0 amide bonds. The lowest BCUT2D eigenvalue weighted by molar-refractivity contribution is 0.0698. The molecule has 1 aromatic rings. The summed E-state index contributed by atoms with van der Waals surface area (Å²) < 4.78 is 10.4. The van der Waals surface area contributed by atoms with Crippen LogP contribution in [0.4, 0.5) is 5.69 Å². The van der Waals surface area contributed by atoms with E-state index in [1.54, 1.807) is 7.11 Å². The van der Waals surface area contributed by atoms with Crippen LogP contribution in [0, 0.1) is 5.92 Å². The molecule has 0 spiro atoms. The second-order valence-corrected chi connectivity index (χ2v) is 7.36. The Kier molecular flexibility index (Phi) is 14.9. The Balaban J connectivity index is 0.00000450. The molecule has 8 heteroatoms. The first-order valence-electron chi connectivity index (χ1n) is 10.8. The number of rotatable bonds is 12. The van der Waals surface area contributed by atoms with Gasteiger partial charge in [-0.05, 0) is 49.8 Å². The molecule has 1 heterocycles. The van der Waals surface area contributed by atoms with E-state index in [1.165, 1.54) is 11.3 Å². The van der Waals surface area contributed by atoms with Crippen molar-refractivity contribution in [3.05, 3.63) is 29.8 Å². The molecule has 1 fully saturated rings. The number of aliphatic imine (C=N–C) groups is 1. The second-order valence-electron chi connectivity index (χ2n) is 7.36. The third-order valence-electron chi connectivity index (χ3n) is 5.13. The number of piperidine rings is 1. The molecular formula is C22H39IN4O3. The molecule has 1 aliphatic rings. The van der Waals surface area contributed by atoms with Crippen LogP contribution >= 0.6 is 24.0 Å². The van der Waals surface area contributed by atoms with Crippen molar-refractivity contribution in [1.82, 2.24) is 10.6 Å². The van der Waals surface area contributed by atoms with E-state index in [-0.39, 0.29) is 24.0 Å². The van der Waals surface area contributed by atoms with E-state index >= 15 is 0 Å². The summed E-state index contributed by atoms with van der Waals surface area (Å²) in [5, 5.41) is 15.9. The van der Waals surface area contributed by atoms with E-state index in [1.807, 2.05) is 0 Å². The Morgan fingerprint density at radius 2 is 1.87 bits per heavy atom. The van der Waals surface area contributed by atoms with Crippen molar-refractivity contribution in [2.24, 2.45) is 10.9 Å². The molecule has 1 aromatic carbocycles. The number of hydrogen-bond donors (Lipinski definition) is 3. The van der Waals surface area contributed by atoms with Gasteiger partial charge in [-0.25, -0.2) is 4.99 Å². The van der Waals surface area contributed by atoms with Crippen molar-refractivity contribution in [3.63, 3.8) is 0 Å². The molecule has 172 valence electrons. The Morgan fingerprint density at radius 3 is 2.50 bits per heavy atom. The van der Waals surface area contributed by atoms with Gasteiger partial charge < -0.3 is 30.1 Å². The zero-order valence-corrected chi connectivity index (χ0v) is 20.8. The number of guanidine groups is 1. The maximum atomic E-state index is 9.29. The number of aliphatic hydroxyl groups excluding tert-OH is 1. The third kappa shape index (κ3) is 10.3. The zero-order chi connectivity index (χ0) is 20.7. The predicted molar refractivity (Wildman–Crippen MR) is 134 cm³/mol. The Labute approximate surface area is 198 Å². The molecule has 0 saturated carbocycles. The van der Waals surface area contributed by atoms with Gasteiger partial charge >= 0.3 is 0 Å². The Morgan fingerprint density at radius 1 is 1.13 bits per heavy atom. The maximum absolute atomic E-state index is 9.29. The molecule has 0 atom stereocenters. The highest BCUT2D eigenvalue weighted by Gasteiger charge is 2.18. The quantitative estimate of drug-likeness (QED) is 0.166. The van der Waals surface area contributed by atoms with Crippen LogP contribution in [-0.4, -0.2) is 70.8 Å². The molecule has 3 N–H and O–H groups in total. The van der Waals surface area contributed by atoms with Crippen LogP contribution in [0.5, 0.6) is 0 Å². The van der Waals surface area contributed by atoms with Crippen LogP contribution < -0.4 is 15.5 Å². The molecule has 2 rings (SSSR count). The molecule has 1 aliphatic heterocycles. The second kappa shape index (κ2) is 16.6. The number of aliphatic hydroxyl groups is 1. The standard InChI is InChI=1S/C22H38N4O3.HI/c1-3-23-22(24-11-4-14-29-16-15-28-2)25-17-19-5-7-21(8-6-19)26-12-9-20(18-27)10-13-26;/h5-8,20,27H,3-4,9-18H2,1-2H3,(H2,23,24,25);1H. The molecule has 0 unspecified atom stereocenters. The number of ether oxygens (including phenoxy) is 2. The lowest BCUT2D eigenvalue weighted by atomic mass is 9.97. The smallest absolute Gasteiger partial charge is 0.191 e. The zero-order valence-electron chi connectivity index (χ0n) is 18.4. The monoisotopic (exact) mass is 534 g/mol. The summed E-state index contributed by atoms with van der Waals surface area (Å²) in [7, 11) is 1.68. The van der Waals surface area contributed by atoms with E-state index < -0.39 is 0 Å². The fourth-order valence-corrected chi connectivity index (χ4v) is 3.32. The molecule has 7 nitrogen and oxygen atoms in total. The van der Waals surface area contributed by atoms with Crippen LogP contribution in [0.3, 0.4) is 0 Å². The average molecular weight is 534 g/mol. The molecule has 30 heavy (non-hydrogen) atoms. The van der Waals surface area contributed by atoms with E-state index in [2.05, 4.69) is 51.7 Å². The number of anilines is 1. The normalized spacial score (nSPS) is 15.0. The fourth-order valence-electron chi connectivity index (χ4n) is 3.32. The van der Waals surface area contributed by atoms with Gasteiger partial charge in [-0.2, -0.15) is 0 Å². The Bertz CT molecular complexity index is 578. The van der Waals surface area contributed by atoms with Gasteiger partial charge in [-0.1, -0.05) is 12.1 Å². The highest BCUT2D eigenvalue weighted by molar-refractivity contribution is 14.0. The number of nitrogens with zero attached hydrogens (tertiary/aromatic N) is 2. The average Bonchev–Trinajstić information content (AvgIpc) is 2.77. The number of nitrogens with one attached hydrogen (secondary N) is 2. The van der Waals surface area contributed by atoms with Crippen LogP contribution in [-0.2, 0) is 16.0 Å². The summed E-state index contributed by atoms with van der Waals surface area (Å²) in [5.74, 6) is 1.30. The van der Waals surface area contributed by atoms with Gasteiger partial charge in [0.15, 0.2) is 5.96 Å². The van der Waals surface area contributed by atoms with Crippen molar-refractivity contribution in [3.8, 4) is 0 Å². The van der Waals surface area contributed by atoms with Crippen molar-refractivity contribution in [2.45, 2.75) is 32.7 Å². The van der Waals surface area contributed by atoms with Gasteiger partial charge in [0.25, 0.3) is 0 Å². The van der Waals surface area contributed by atoms with Crippen molar-refractivity contribution in [2.75, 3.05) is 64.6 Å². The minimum atomic E-state index is 0. The molecule has 1 saturated heterocycles. The molecule has 0 aromatic heterocycles. The minimum absolute atomic E-state index is 0. The first-order valence-corrected chi connectivity index (χ1v) is 10.8. The van der Waals surface area contributed by atoms with E-state index in [9.17, 15) is 5.11 Å². The highest BCUT2D eigenvalue weighted by atomic mass is 127. The molecule has 0 bridgehead atoms. The van der Waals surface area contributed by atoms with Gasteiger partial charge in [0, 0.05) is 52.2 Å². The third-order valence-corrected chi connectivity index (χ3v) is 5.13. The van der Waals surface area contributed by atoms with E-state index in [0.717, 1.165) is 51.4 Å². The summed E-state index contributed by atoms with van der Waals surface area (Å²) in [6.07, 6.45) is 3.06. The number of halogens is 1. The first kappa shape index (κ1) is 26.9. The Hall–Kier alpha value is -1.10. The largest absolute Gasteiger partial charge is 0.396 e. The topological polar surface area (TPSA) is 78.4 Å². The predicted octanol–water partition coefficient (Wildman–Crippen LogP) is 2.62. The van der Waals surface area contributed by atoms with Gasteiger partial charge in [-0.15, -0.1) is 24.0 Å². The summed E-state index contributed by atoms with van der Waals surface area (Å²) in [4.78, 5) is 7.09. The van der Waals surface area contributed by atoms with Gasteiger partial charge in [0.05, 0.1) is 19.8 Å². The summed E-state index contributed by atoms with van der Waals surface area (Å²) in [6, 6.07) is 8.68. The van der Waals surface area contributed by atoms with Gasteiger partial charge in [0.1, 0.15) is 0 Å². The SMILES string of the molecule is CCNC(=NCc1ccc(N2CCC(CO)CC2)cc1)NCCCOCCOC.I. The fraction of sp³-hybridized carbons (Fsp3) is 0.682. The highest BCUT2D eigenvalue weighted by Crippen LogP contribution is 2.23. The summed E-state index contributed by atoms with van der Waals surface area (Å²) in [6.45, 7) is 8.71. The first-order chi connectivity index (χ1) is 14.3. The van der Waals surface area contributed by atoms with Crippen molar-refractivity contribution < 1.29 is 14.6 Å². The van der Waals surface area contributed by atoms with E-state index in [0.29, 0.717) is 38.9 Å². The van der Waals surface area contributed by atoms with Crippen LogP contribution in [0.1, 0.15) is 31.7 Å². The molecule has 0 aliphatic carbocycles. The lowest BCUT2D eigenvalue weighted by Crippen LogP contribution is -2.38. The number of methoxy groups -OCH3 is 1. The lowest BCUT2D eigenvalue weighted by Gasteiger charge is -2.32. The van der Waals surface area contributed by atoms with Crippen LogP contribution in [0.15, 0.2) is 29.3 Å². The molecular weight excluding hydrogens is 495 g/mol. The van der Waals surface area contributed by atoms with E-state index in [4.69, 9.17) is 9.47 Å².